The molecule has 0 spiro atoms. The van der Waals surface area contributed by atoms with Gasteiger partial charge in [0.1, 0.15) is 5.82 Å². The van der Waals surface area contributed by atoms with Gasteiger partial charge in [-0.3, -0.25) is 0 Å². The van der Waals surface area contributed by atoms with Crippen molar-refractivity contribution in [1.82, 2.24) is 4.98 Å². The van der Waals surface area contributed by atoms with Crippen molar-refractivity contribution < 1.29 is 4.74 Å². The van der Waals surface area contributed by atoms with Crippen LogP contribution in [0.2, 0.25) is 0 Å². The minimum Gasteiger partial charge on any atom is -0.375 e. The number of morpholine rings is 1. The number of ether oxygens (including phenoxy) is 1. The Balaban J connectivity index is 2.13. The molecule has 4 nitrogen and oxygen atoms in total. The molecule has 2 N–H and O–H groups in total. The zero-order chi connectivity index (χ0) is 10.7. The van der Waals surface area contributed by atoms with Crippen LogP contribution in [0.4, 0.5) is 5.82 Å². The fourth-order valence-electron chi connectivity index (χ4n) is 1.79. The van der Waals surface area contributed by atoms with E-state index in [0.29, 0.717) is 6.54 Å². The summed E-state index contributed by atoms with van der Waals surface area (Å²) in [6.45, 7) is 5.23. The SMILES string of the molecule is CC1CN(c2cc(CN)ccn2)CCO1. The molecule has 4 heteroatoms. The zero-order valence-electron chi connectivity index (χ0n) is 9.02. The van der Waals surface area contributed by atoms with Gasteiger partial charge >= 0.3 is 0 Å². The molecule has 15 heavy (non-hydrogen) atoms. The number of pyridine rings is 1. The van der Waals surface area contributed by atoms with E-state index in [0.717, 1.165) is 31.1 Å². The lowest BCUT2D eigenvalue weighted by Crippen LogP contribution is -2.41. The topological polar surface area (TPSA) is 51.4 Å². The molecule has 0 aliphatic carbocycles. The molecule has 0 aromatic carbocycles. The van der Waals surface area contributed by atoms with Crippen molar-refractivity contribution in [2.45, 2.75) is 19.6 Å². The molecular formula is C11H17N3O. The molecule has 1 fully saturated rings. The number of hydrogen-bond donors (Lipinski definition) is 1. The second kappa shape index (κ2) is 4.59. The van der Waals surface area contributed by atoms with Gasteiger partial charge in [0.15, 0.2) is 0 Å². The maximum Gasteiger partial charge on any atom is 0.128 e. The van der Waals surface area contributed by atoms with Crippen LogP contribution in [0.25, 0.3) is 0 Å². The molecule has 0 bridgehead atoms. The van der Waals surface area contributed by atoms with Crippen LogP contribution >= 0.6 is 0 Å². The van der Waals surface area contributed by atoms with E-state index in [1.807, 2.05) is 12.3 Å². The van der Waals surface area contributed by atoms with Crippen molar-refractivity contribution in [3.05, 3.63) is 23.9 Å². The van der Waals surface area contributed by atoms with Gasteiger partial charge in [0, 0.05) is 25.8 Å². The lowest BCUT2D eigenvalue weighted by Gasteiger charge is -2.32. The predicted octanol–water partition coefficient (Wildman–Crippen LogP) is 0.765. The Morgan fingerprint density at radius 3 is 3.27 bits per heavy atom. The monoisotopic (exact) mass is 207 g/mol. The standard InChI is InChI=1S/C11H17N3O/c1-9-8-14(4-5-15-9)11-6-10(7-12)2-3-13-11/h2-3,6,9H,4-5,7-8,12H2,1H3. The summed E-state index contributed by atoms with van der Waals surface area (Å²) < 4.78 is 5.49. The van der Waals surface area contributed by atoms with Crippen LogP contribution in [-0.2, 0) is 11.3 Å². The lowest BCUT2D eigenvalue weighted by molar-refractivity contribution is 0.0529. The Kier molecular flexibility index (Phi) is 3.18. The van der Waals surface area contributed by atoms with Crippen molar-refractivity contribution in [1.29, 1.82) is 0 Å². The summed E-state index contributed by atoms with van der Waals surface area (Å²) >= 11 is 0. The molecule has 1 unspecified atom stereocenters. The highest BCUT2D eigenvalue weighted by Crippen LogP contribution is 2.15. The number of anilines is 1. The second-order valence-corrected chi connectivity index (χ2v) is 3.85. The fraction of sp³-hybridized carbons (Fsp3) is 0.545. The first-order chi connectivity index (χ1) is 7.29. The zero-order valence-corrected chi connectivity index (χ0v) is 9.02. The maximum atomic E-state index is 5.60. The molecule has 82 valence electrons. The average Bonchev–Trinajstić information content (AvgIpc) is 2.29. The minimum absolute atomic E-state index is 0.280. The summed E-state index contributed by atoms with van der Waals surface area (Å²) in [4.78, 5) is 6.60. The van der Waals surface area contributed by atoms with Crippen molar-refractivity contribution in [3.63, 3.8) is 0 Å². The van der Waals surface area contributed by atoms with Crippen LogP contribution in [-0.4, -0.2) is 30.8 Å². The van der Waals surface area contributed by atoms with Crippen LogP contribution in [0.1, 0.15) is 12.5 Å². The Morgan fingerprint density at radius 2 is 2.53 bits per heavy atom. The molecule has 1 aromatic rings. The van der Waals surface area contributed by atoms with E-state index in [-0.39, 0.29) is 6.10 Å². The van der Waals surface area contributed by atoms with Gasteiger partial charge in [-0.1, -0.05) is 0 Å². The van der Waals surface area contributed by atoms with Crippen molar-refractivity contribution in [3.8, 4) is 0 Å². The largest absolute Gasteiger partial charge is 0.375 e. The van der Waals surface area contributed by atoms with Crippen molar-refractivity contribution >= 4 is 5.82 Å². The van der Waals surface area contributed by atoms with Gasteiger partial charge in [0.05, 0.1) is 12.7 Å². The molecule has 0 amide bonds. The molecule has 0 saturated carbocycles. The summed E-state index contributed by atoms with van der Waals surface area (Å²) in [7, 11) is 0. The van der Waals surface area contributed by atoms with Crippen LogP contribution in [0.3, 0.4) is 0 Å². The average molecular weight is 207 g/mol. The molecule has 1 atom stereocenters. The highest BCUT2D eigenvalue weighted by Gasteiger charge is 2.17. The van der Waals surface area contributed by atoms with E-state index in [2.05, 4.69) is 22.9 Å². The van der Waals surface area contributed by atoms with Crippen LogP contribution < -0.4 is 10.6 Å². The van der Waals surface area contributed by atoms with Gasteiger partial charge in [-0.15, -0.1) is 0 Å². The molecule has 1 aromatic heterocycles. The Hall–Kier alpha value is -1.13. The van der Waals surface area contributed by atoms with E-state index in [4.69, 9.17) is 10.5 Å². The van der Waals surface area contributed by atoms with E-state index in [1.54, 1.807) is 0 Å². The van der Waals surface area contributed by atoms with Gasteiger partial charge in [0.2, 0.25) is 0 Å². The third kappa shape index (κ3) is 2.46. The first-order valence-electron chi connectivity index (χ1n) is 5.31. The molecule has 0 radical (unpaired) electrons. The van der Waals surface area contributed by atoms with Crippen LogP contribution in [0, 0.1) is 0 Å². The summed E-state index contributed by atoms with van der Waals surface area (Å²) in [5, 5.41) is 0. The van der Waals surface area contributed by atoms with Crippen molar-refractivity contribution in [2.75, 3.05) is 24.6 Å². The van der Waals surface area contributed by atoms with Gasteiger partial charge in [0.25, 0.3) is 0 Å². The summed E-state index contributed by atoms with van der Waals surface area (Å²) in [5.41, 5.74) is 6.73. The first kappa shape index (κ1) is 10.4. The van der Waals surface area contributed by atoms with Gasteiger partial charge in [-0.25, -0.2) is 4.98 Å². The third-order valence-electron chi connectivity index (χ3n) is 2.61. The predicted molar refractivity (Wildman–Crippen MR) is 59.8 cm³/mol. The number of nitrogens with two attached hydrogens (primary N) is 1. The van der Waals surface area contributed by atoms with E-state index < -0.39 is 0 Å². The van der Waals surface area contributed by atoms with E-state index in [1.165, 1.54) is 0 Å². The molecule has 2 rings (SSSR count). The quantitative estimate of drug-likeness (QED) is 0.778. The molecule has 2 heterocycles. The number of aromatic nitrogens is 1. The number of nitrogens with zero attached hydrogens (tertiary/aromatic N) is 2. The normalized spacial score (nSPS) is 21.7. The van der Waals surface area contributed by atoms with Crippen LogP contribution in [0.5, 0.6) is 0 Å². The highest BCUT2D eigenvalue weighted by molar-refractivity contribution is 5.41. The second-order valence-electron chi connectivity index (χ2n) is 3.85. The van der Waals surface area contributed by atoms with Crippen LogP contribution in [0.15, 0.2) is 18.3 Å². The molecular weight excluding hydrogens is 190 g/mol. The maximum absolute atomic E-state index is 5.60. The molecule has 1 saturated heterocycles. The highest BCUT2D eigenvalue weighted by atomic mass is 16.5. The Bertz CT molecular complexity index is 329. The summed E-state index contributed by atoms with van der Waals surface area (Å²) in [6.07, 6.45) is 2.10. The van der Waals surface area contributed by atoms with E-state index in [9.17, 15) is 0 Å². The summed E-state index contributed by atoms with van der Waals surface area (Å²) in [5.74, 6) is 1.01. The summed E-state index contributed by atoms with van der Waals surface area (Å²) in [6, 6.07) is 4.01. The smallest absolute Gasteiger partial charge is 0.128 e. The third-order valence-corrected chi connectivity index (χ3v) is 2.61. The molecule has 1 aliphatic rings. The Morgan fingerprint density at radius 1 is 1.67 bits per heavy atom. The van der Waals surface area contributed by atoms with E-state index >= 15 is 0 Å². The van der Waals surface area contributed by atoms with Gasteiger partial charge in [-0.2, -0.15) is 0 Å². The Labute approximate surface area is 90.0 Å². The lowest BCUT2D eigenvalue weighted by atomic mass is 10.2. The fourth-order valence-corrected chi connectivity index (χ4v) is 1.79. The van der Waals surface area contributed by atoms with Gasteiger partial charge in [-0.05, 0) is 24.6 Å². The minimum atomic E-state index is 0.280. The first-order valence-corrected chi connectivity index (χ1v) is 5.31. The number of hydrogen-bond acceptors (Lipinski definition) is 4. The molecule has 1 aliphatic heterocycles. The van der Waals surface area contributed by atoms with Gasteiger partial charge < -0.3 is 15.4 Å². The van der Waals surface area contributed by atoms with Crippen molar-refractivity contribution in [2.24, 2.45) is 5.73 Å². The number of rotatable bonds is 2.